The molecular weight excluding hydrogens is 499 g/mol. The predicted octanol–water partition coefficient (Wildman–Crippen LogP) is 4.42. The molecule has 3 nitrogen and oxygen atoms in total. The molecule has 1 aliphatic heterocycles. The van der Waals surface area contributed by atoms with Gasteiger partial charge >= 0.3 is 0 Å². The molecule has 0 unspecified atom stereocenters. The van der Waals surface area contributed by atoms with Gasteiger partial charge in [0.1, 0.15) is 0 Å². The fourth-order valence-electron chi connectivity index (χ4n) is 1.93. The molecule has 1 rings (SSSR count). The maximum atomic E-state index is 5.97. The van der Waals surface area contributed by atoms with Crippen molar-refractivity contribution in [3.8, 4) is 0 Å². The first-order valence-corrected chi connectivity index (χ1v) is 12.9. The largest absolute Gasteiger partial charge is 0.449 e. The first kappa shape index (κ1) is 34.7. The Morgan fingerprint density at radius 1 is 0.826 bits per heavy atom. The Hall–Kier alpha value is 0.482. The van der Waals surface area contributed by atoms with Crippen LogP contribution >= 0.6 is 0 Å². The molecule has 0 aromatic carbocycles. The molecule has 1 aliphatic rings. The molecule has 0 amide bonds. The fraction of sp³-hybridized carbons (Fsp3) is 0.588. The van der Waals surface area contributed by atoms with Crippen LogP contribution in [-0.2, 0) is 25.2 Å². The van der Waals surface area contributed by atoms with Crippen LogP contribution in [0.25, 0.3) is 0 Å². The predicted molar refractivity (Wildman–Crippen MR) is 110 cm³/mol. The van der Waals surface area contributed by atoms with Gasteiger partial charge in [-0.1, -0.05) is 11.4 Å². The van der Waals surface area contributed by atoms with Gasteiger partial charge in [0.15, 0.2) is 16.6 Å². The summed E-state index contributed by atoms with van der Waals surface area (Å²) < 4.78 is 5.97. The molecule has 1 fully saturated rings. The minimum atomic E-state index is -1.58. The van der Waals surface area contributed by atoms with Gasteiger partial charge in [0.05, 0.1) is 6.67 Å². The number of hydrogen-bond acceptors (Lipinski definition) is 3. The standard InChI is InChI=1S/C8H18OSi2.C6H14N2.3CH3.Pt/c1-7-10(3,4)9-11(5,6)8-2;1-7-4-3-5-8(2)6-7;;;;/h7-8H,1-2H2,3-6H3;3-6H2,1-2H3;3*1H3;/q;;3*-1;. The van der Waals surface area contributed by atoms with Crippen molar-refractivity contribution in [1.82, 2.24) is 9.80 Å². The summed E-state index contributed by atoms with van der Waals surface area (Å²) in [6, 6.07) is 0. The molecule has 1 saturated heterocycles. The molecule has 0 N–H and O–H groups in total. The van der Waals surface area contributed by atoms with Gasteiger partial charge < -0.3 is 26.4 Å². The minimum Gasteiger partial charge on any atom is -0.449 e. The third-order valence-corrected chi connectivity index (χ3v) is 9.25. The zero-order valence-electron chi connectivity index (χ0n) is 17.0. The van der Waals surface area contributed by atoms with Gasteiger partial charge in [-0.3, -0.25) is 9.80 Å². The van der Waals surface area contributed by atoms with Crippen LogP contribution in [0.2, 0.25) is 26.2 Å². The topological polar surface area (TPSA) is 15.7 Å². The van der Waals surface area contributed by atoms with Crippen LogP contribution < -0.4 is 0 Å². The maximum absolute atomic E-state index is 5.97. The van der Waals surface area contributed by atoms with Gasteiger partial charge in [0, 0.05) is 34.2 Å². The van der Waals surface area contributed by atoms with Crippen LogP contribution in [-0.4, -0.2) is 60.3 Å². The van der Waals surface area contributed by atoms with E-state index in [1.807, 2.05) is 11.4 Å². The molecule has 0 aromatic rings. The second-order valence-corrected chi connectivity index (χ2v) is 14.4. The van der Waals surface area contributed by atoms with Crippen LogP contribution in [0, 0.1) is 22.3 Å². The Bertz CT molecular complexity index is 274. The molecule has 0 spiro atoms. The smallest absolute Gasteiger partial charge is 0.198 e. The van der Waals surface area contributed by atoms with Gasteiger partial charge in [-0.15, -0.1) is 13.2 Å². The van der Waals surface area contributed by atoms with Gasteiger partial charge in [0.25, 0.3) is 0 Å². The van der Waals surface area contributed by atoms with E-state index in [1.54, 1.807) is 0 Å². The molecule has 6 heteroatoms. The summed E-state index contributed by atoms with van der Waals surface area (Å²) in [5.41, 5.74) is 3.93. The van der Waals surface area contributed by atoms with Crippen molar-refractivity contribution >= 4 is 16.6 Å². The molecule has 0 bridgehead atoms. The first-order chi connectivity index (χ1) is 8.62. The molecule has 1 heterocycles. The SMILES string of the molecule is C=C[Si](C)(C)O[Si](C)(C)C=C.CN1CCCN(C)C1.[CH3-].[CH3-].[CH3-].[Pt]. The monoisotopic (exact) mass is 540 g/mol. The maximum Gasteiger partial charge on any atom is 0.198 e. The Labute approximate surface area is 164 Å². The van der Waals surface area contributed by atoms with Crippen molar-refractivity contribution in [2.24, 2.45) is 0 Å². The Morgan fingerprint density at radius 2 is 1.13 bits per heavy atom. The molecule has 0 aliphatic carbocycles. The second-order valence-electron chi connectivity index (χ2n) is 6.37. The van der Waals surface area contributed by atoms with Crippen LogP contribution in [0.3, 0.4) is 0 Å². The third-order valence-electron chi connectivity index (χ3n) is 3.07. The van der Waals surface area contributed by atoms with E-state index < -0.39 is 16.6 Å². The molecule has 0 saturated carbocycles. The van der Waals surface area contributed by atoms with Crippen molar-refractivity contribution < 1.29 is 25.2 Å². The molecular formula is C17H41N2OPtSi2-3. The van der Waals surface area contributed by atoms with Gasteiger partial charge in [-0.25, -0.2) is 0 Å². The van der Waals surface area contributed by atoms with Gasteiger partial charge in [-0.05, 0) is 46.7 Å². The van der Waals surface area contributed by atoms with E-state index in [1.165, 1.54) is 19.5 Å². The average molecular weight is 541 g/mol. The zero-order valence-corrected chi connectivity index (χ0v) is 21.3. The summed E-state index contributed by atoms with van der Waals surface area (Å²) in [7, 11) is 1.17. The van der Waals surface area contributed by atoms with Crippen molar-refractivity contribution in [2.45, 2.75) is 32.6 Å². The second kappa shape index (κ2) is 16.0. The van der Waals surface area contributed by atoms with E-state index in [0.717, 1.165) is 6.67 Å². The third kappa shape index (κ3) is 18.7. The van der Waals surface area contributed by atoms with Crippen LogP contribution in [0.15, 0.2) is 24.6 Å². The quantitative estimate of drug-likeness (QED) is 0.388. The number of hydrogen-bond donors (Lipinski definition) is 0. The van der Waals surface area contributed by atoms with E-state index in [9.17, 15) is 0 Å². The van der Waals surface area contributed by atoms with Crippen LogP contribution in [0.5, 0.6) is 0 Å². The Kier molecular flexibility index (Phi) is 24.1. The minimum absolute atomic E-state index is 0. The zero-order chi connectivity index (χ0) is 15.1. The summed E-state index contributed by atoms with van der Waals surface area (Å²) in [5.74, 6) is 0. The van der Waals surface area contributed by atoms with Crippen molar-refractivity contribution in [3.05, 3.63) is 46.8 Å². The van der Waals surface area contributed by atoms with Gasteiger partial charge in [-0.2, -0.15) is 0 Å². The molecule has 146 valence electrons. The van der Waals surface area contributed by atoms with E-state index in [0.29, 0.717) is 0 Å². The van der Waals surface area contributed by atoms with Crippen molar-refractivity contribution in [2.75, 3.05) is 33.9 Å². The number of rotatable bonds is 4. The van der Waals surface area contributed by atoms with E-state index in [-0.39, 0.29) is 43.3 Å². The average Bonchev–Trinajstić information content (AvgIpc) is 2.28. The molecule has 0 radical (unpaired) electrons. The van der Waals surface area contributed by atoms with E-state index in [2.05, 4.69) is 63.2 Å². The summed E-state index contributed by atoms with van der Waals surface area (Å²) in [6.45, 7) is 19.8. The number of nitrogens with zero attached hydrogens (tertiary/aromatic N) is 2. The molecule has 23 heavy (non-hydrogen) atoms. The van der Waals surface area contributed by atoms with Crippen molar-refractivity contribution in [3.63, 3.8) is 0 Å². The van der Waals surface area contributed by atoms with Crippen LogP contribution in [0.1, 0.15) is 6.42 Å². The molecule has 0 aromatic heterocycles. The summed E-state index contributed by atoms with van der Waals surface area (Å²) in [4.78, 5) is 4.67. The summed E-state index contributed by atoms with van der Waals surface area (Å²) in [5, 5.41) is 0. The fourth-order valence-corrected chi connectivity index (χ4v) is 8.02. The first-order valence-electron chi connectivity index (χ1n) is 6.96. The summed E-state index contributed by atoms with van der Waals surface area (Å²) in [6.07, 6.45) is 1.33. The van der Waals surface area contributed by atoms with Crippen LogP contribution in [0.4, 0.5) is 0 Å². The molecule has 0 atom stereocenters. The van der Waals surface area contributed by atoms with Gasteiger partial charge in [0.2, 0.25) is 0 Å². The Morgan fingerprint density at radius 3 is 1.30 bits per heavy atom. The van der Waals surface area contributed by atoms with E-state index >= 15 is 0 Å². The van der Waals surface area contributed by atoms with Crippen molar-refractivity contribution in [1.29, 1.82) is 0 Å². The summed E-state index contributed by atoms with van der Waals surface area (Å²) >= 11 is 0. The normalized spacial score (nSPS) is 15.2. The Balaban J connectivity index is -0.0000000820. The van der Waals surface area contributed by atoms with E-state index in [4.69, 9.17) is 4.12 Å².